The average Bonchev–Trinajstić information content (AvgIpc) is 2.42. The molecule has 0 radical (unpaired) electrons. The summed E-state index contributed by atoms with van der Waals surface area (Å²) in [7, 11) is 0. The molecule has 3 heteroatoms. The van der Waals surface area contributed by atoms with Crippen molar-refractivity contribution in [1.82, 2.24) is 10.2 Å². The van der Waals surface area contributed by atoms with Gasteiger partial charge in [0.2, 0.25) is 5.91 Å². The number of amides is 1. The van der Waals surface area contributed by atoms with E-state index in [-0.39, 0.29) is 5.54 Å². The van der Waals surface area contributed by atoms with Crippen LogP contribution in [0.3, 0.4) is 0 Å². The fourth-order valence-electron chi connectivity index (χ4n) is 2.75. The van der Waals surface area contributed by atoms with Gasteiger partial charge in [-0.05, 0) is 46.2 Å². The third-order valence-electron chi connectivity index (χ3n) is 3.55. The monoisotopic (exact) mass is 196 g/mol. The van der Waals surface area contributed by atoms with Crippen LogP contribution >= 0.6 is 0 Å². The summed E-state index contributed by atoms with van der Waals surface area (Å²) >= 11 is 0. The van der Waals surface area contributed by atoms with Crippen molar-refractivity contribution < 1.29 is 4.79 Å². The van der Waals surface area contributed by atoms with E-state index < -0.39 is 0 Å². The van der Waals surface area contributed by atoms with Crippen LogP contribution in [-0.4, -0.2) is 35.5 Å². The van der Waals surface area contributed by atoms with Gasteiger partial charge < -0.3 is 10.2 Å². The Morgan fingerprint density at radius 1 is 1.36 bits per heavy atom. The minimum Gasteiger partial charge on any atom is -0.334 e. The highest BCUT2D eigenvalue weighted by atomic mass is 16.2. The Morgan fingerprint density at radius 2 is 2.00 bits per heavy atom. The zero-order valence-corrected chi connectivity index (χ0v) is 9.18. The number of hydrogen-bond donors (Lipinski definition) is 1. The smallest absolute Gasteiger partial charge is 0.223 e. The molecule has 0 spiro atoms. The maximum Gasteiger partial charge on any atom is 0.223 e. The van der Waals surface area contributed by atoms with E-state index in [0.717, 1.165) is 38.8 Å². The van der Waals surface area contributed by atoms with Crippen molar-refractivity contribution >= 4 is 5.91 Å². The van der Waals surface area contributed by atoms with Crippen molar-refractivity contribution in [2.75, 3.05) is 13.1 Å². The zero-order chi connectivity index (χ0) is 10.2. The number of likely N-dealkylation sites (tertiary alicyclic amines) is 1. The highest BCUT2D eigenvalue weighted by molar-refractivity contribution is 5.79. The van der Waals surface area contributed by atoms with E-state index in [1.807, 2.05) is 0 Å². The van der Waals surface area contributed by atoms with Crippen LogP contribution in [0.2, 0.25) is 0 Å². The predicted octanol–water partition coefficient (Wildman–Crippen LogP) is 1.14. The van der Waals surface area contributed by atoms with E-state index in [4.69, 9.17) is 0 Å². The van der Waals surface area contributed by atoms with Gasteiger partial charge in [-0.3, -0.25) is 4.79 Å². The van der Waals surface area contributed by atoms with Gasteiger partial charge in [-0.25, -0.2) is 0 Å². The van der Waals surface area contributed by atoms with Crippen LogP contribution in [0.1, 0.15) is 39.5 Å². The third kappa shape index (κ3) is 1.65. The van der Waals surface area contributed by atoms with Crippen LogP contribution < -0.4 is 5.32 Å². The van der Waals surface area contributed by atoms with Gasteiger partial charge in [0.15, 0.2) is 0 Å². The first-order valence-corrected chi connectivity index (χ1v) is 5.64. The molecular weight excluding hydrogens is 176 g/mol. The van der Waals surface area contributed by atoms with Crippen molar-refractivity contribution in [1.29, 1.82) is 0 Å². The second kappa shape index (κ2) is 3.54. The molecule has 0 atom stereocenters. The molecule has 0 aromatic carbocycles. The topological polar surface area (TPSA) is 32.3 Å². The molecule has 0 aromatic rings. The lowest BCUT2D eigenvalue weighted by atomic mass is 9.97. The van der Waals surface area contributed by atoms with E-state index in [0.29, 0.717) is 11.9 Å². The number of carbonyl (C=O) groups is 1. The van der Waals surface area contributed by atoms with Crippen molar-refractivity contribution in [3.8, 4) is 0 Å². The average molecular weight is 196 g/mol. The molecule has 0 bridgehead atoms. The summed E-state index contributed by atoms with van der Waals surface area (Å²) in [4.78, 5) is 13.9. The molecule has 80 valence electrons. The summed E-state index contributed by atoms with van der Waals surface area (Å²) in [6.07, 6.45) is 4.01. The number of rotatable bonds is 1. The molecule has 0 saturated carbocycles. The van der Waals surface area contributed by atoms with Crippen LogP contribution in [0.5, 0.6) is 0 Å². The van der Waals surface area contributed by atoms with E-state index in [1.54, 1.807) is 0 Å². The summed E-state index contributed by atoms with van der Waals surface area (Å²) in [6.45, 7) is 6.51. The molecule has 2 saturated heterocycles. The van der Waals surface area contributed by atoms with Crippen molar-refractivity contribution in [2.24, 2.45) is 0 Å². The molecule has 1 N–H and O–H groups in total. The molecule has 3 nitrogen and oxygen atoms in total. The molecule has 2 aliphatic rings. The van der Waals surface area contributed by atoms with Gasteiger partial charge in [0.1, 0.15) is 0 Å². The standard InChI is InChI=1S/C11H20N2O/c1-11(2)6-3-10(14)13(11)9-4-7-12-8-5-9/h9,12H,3-8H2,1-2H3. The minimum atomic E-state index is 0.0963. The van der Waals surface area contributed by atoms with E-state index in [9.17, 15) is 4.79 Å². The Kier molecular flexibility index (Phi) is 2.52. The normalized spacial score (nSPS) is 28.4. The first-order valence-electron chi connectivity index (χ1n) is 5.64. The predicted molar refractivity (Wildman–Crippen MR) is 56.1 cm³/mol. The lowest BCUT2D eigenvalue weighted by Gasteiger charge is -2.40. The summed E-state index contributed by atoms with van der Waals surface area (Å²) < 4.78 is 0. The van der Waals surface area contributed by atoms with Crippen LogP contribution in [0.15, 0.2) is 0 Å². The molecule has 0 aliphatic carbocycles. The third-order valence-corrected chi connectivity index (χ3v) is 3.55. The number of piperidine rings is 1. The van der Waals surface area contributed by atoms with Crippen LogP contribution in [-0.2, 0) is 4.79 Å². The number of hydrogen-bond acceptors (Lipinski definition) is 2. The molecule has 2 heterocycles. The van der Waals surface area contributed by atoms with Gasteiger partial charge >= 0.3 is 0 Å². The van der Waals surface area contributed by atoms with Crippen molar-refractivity contribution in [3.05, 3.63) is 0 Å². The van der Waals surface area contributed by atoms with Gasteiger partial charge in [-0.2, -0.15) is 0 Å². The molecule has 0 unspecified atom stereocenters. The first kappa shape index (κ1) is 9.97. The van der Waals surface area contributed by atoms with Gasteiger partial charge in [0.25, 0.3) is 0 Å². The van der Waals surface area contributed by atoms with E-state index >= 15 is 0 Å². The van der Waals surface area contributed by atoms with Crippen LogP contribution in [0.4, 0.5) is 0 Å². The Hall–Kier alpha value is -0.570. The summed E-state index contributed by atoms with van der Waals surface area (Å²) in [5, 5.41) is 3.34. The minimum absolute atomic E-state index is 0.0963. The summed E-state index contributed by atoms with van der Waals surface area (Å²) in [5.74, 6) is 0.363. The number of nitrogens with one attached hydrogen (secondary N) is 1. The van der Waals surface area contributed by atoms with Crippen molar-refractivity contribution in [3.63, 3.8) is 0 Å². The molecule has 2 aliphatic heterocycles. The Morgan fingerprint density at radius 3 is 2.50 bits per heavy atom. The second-order valence-electron chi connectivity index (χ2n) is 5.06. The maximum atomic E-state index is 11.8. The lowest BCUT2D eigenvalue weighted by molar-refractivity contribution is -0.133. The van der Waals surface area contributed by atoms with Crippen LogP contribution in [0, 0.1) is 0 Å². The number of carbonyl (C=O) groups excluding carboxylic acids is 1. The molecule has 0 aromatic heterocycles. The quantitative estimate of drug-likeness (QED) is 0.682. The summed E-state index contributed by atoms with van der Waals surface area (Å²) in [5.41, 5.74) is 0.0963. The fraction of sp³-hybridized carbons (Fsp3) is 0.909. The lowest BCUT2D eigenvalue weighted by Crippen LogP contribution is -2.51. The van der Waals surface area contributed by atoms with E-state index in [1.165, 1.54) is 0 Å². The SMILES string of the molecule is CC1(C)CCC(=O)N1C1CCNCC1. The molecule has 14 heavy (non-hydrogen) atoms. The molecule has 2 rings (SSSR count). The molecule has 2 fully saturated rings. The largest absolute Gasteiger partial charge is 0.334 e. The zero-order valence-electron chi connectivity index (χ0n) is 9.18. The Bertz CT molecular complexity index is 231. The molecule has 1 amide bonds. The maximum absolute atomic E-state index is 11.8. The molecular formula is C11H20N2O. The summed E-state index contributed by atoms with van der Waals surface area (Å²) in [6, 6.07) is 0.487. The van der Waals surface area contributed by atoms with Gasteiger partial charge in [0.05, 0.1) is 0 Å². The first-order chi connectivity index (χ1) is 6.61. The highest BCUT2D eigenvalue weighted by Crippen LogP contribution is 2.33. The Balaban J connectivity index is 2.10. The number of nitrogens with zero attached hydrogens (tertiary/aromatic N) is 1. The van der Waals surface area contributed by atoms with Gasteiger partial charge in [-0.1, -0.05) is 0 Å². The van der Waals surface area contributed by atoms with Crippen molar-refractivity contribution in [2.45, 2.75) is 51.1 Å². The Labute approximate surface area is 85.8 Å². The van der Waals surface area contributed by atoms with Gasteiger partial charge in [-0.15, -0.1) is 0 Å². The second-order valence-corrected chi connectivity index (χ2v) is 5.06. The van der Waals surface area contributed by atoms with Gasteiger partial charge in [0, 0.05) is 18.0 Å². The van der Waals surface area contributed by atoms with Crippen LogP contribution in [0.25, 0.3) is 0 Å². The van der Waals surface area contributed by atoms with E-state index in [2.05, 4.69) is 24.1 Å². The highest BCUT2D eigenvalue weighted by Gasteiger charge is 2.41. The fourth-order valence-corrected chi connectivity index (χ4v) is 2.75.